The summed E-state index contributed by atoms with van der Waals surface area (Å²) in [5.41, 5.74) is 5.19. The average molecular weight is 469 g/mol. The third kappa shape index (κ3) is 31.3. The molecular formula is C15H40N4O8S2. The van der Waals surface area contributed by atoms with E-state index < -0.39 is 12.0 Å². The molecule has 1 heterocycles. The number of carboxylic acids is 1. The van der Waals surface area contributed by atoms with Crippen LogP contribution >= 0.6 is 23.5 Å². The van der Waals surface area contributed by atoms with Crippen LogP contribution in [0.1, 0.15) is 35.1 Å². The third-order valence-electron chi connectivity index (χ3n) is 2.42. The number of carbonyl (C=O) groups is 3. The largest absolute Gasteiger partial charge is 0.480 e. The number of carboxylic acid groups (broad SMARTS) is 1. The maximum atomic E-state index is 10.9. The van der Waals surface area contributed by atoms with Crippen molar-refractivity contribution < 1.29 is 40.0 Å². The fourth-order valence-electron chi connectivity index (χ4n) is 1.27. The number of thioether (sulfide) groups is 2. The van der Waals surface area contributed by atoms with E-state index in [2.05, 4.69) is 10.6 Å². The zero-order valence-corrected chi connectivity index (χ0v) is 16.2. The number of imide groups is 1. The molecule has 12 nitrogen and oxygen atoms in total. The molecule has 0 aliphatic carbocycles. The Bertz CT molecular complexity index is 425. The van der Waals surface area contributed by atoms with Crippen LogP contribution in [0.25, 0.3) is 0 Å². The van der Waals surface area contributed by atoms with Gasteiger partial charge in [-0.3, -0.25) is 14.9 Å². The van der Waals surface area contributed by atoms with Crippen molar-refractivity contribution in [1.82, 2.24) is 16.8 Å². The summed E-state index contributed by atoms with van der Waals surface area (Å²) < 4.78 is 0. The van der Waals surface area contributed by atoms with E-state index in [-0.39, 0.29) is 63.5 Å². The normalized spacial score (nSPS) is 13.1. The Kier molecular flexibility index (Phi) is 59.2. The molecule has 0 aromatic heterocycles. The van der Waals surface area contributed by atoms with Crippen molar-refractivity contribution in [1.29, 1.82) is 0 Å². The monoisotopic (exact) mass is 468 g/mol. The highest BCUT2D eigenvalue weighted by atomic mass is 32.2. The fraction of sp³-hybridized carbons (Fsp3) is 0.733. The van der Waals surface area contributed by atoms with Gasteiger partial charge in [0.15, 0.2) is 0 Å². The average Bonchev–Trinajstić information content (AvgIpc) is 2.81. The summed E-state index contributed by atoms with van der Waals surface area (Å²) in [5.74, 6) is 0.583. The lowest BCUT2D eigenvalue weighted by molar-refractivity contribution is -0.191. The molecule has 1 aliphatic rings. The Morgan fingerprint density at radius 1 is 1.14 bits per heavy atom. The molecule has 1 saturated heterocycles. The predicted molar refractivity (Wildman–Crippen MR) is 120 cm³/mol. The summed E-state index contributed by atoms with van der Waals surface area (Å²) in [6.07, 6.45) is 5.40. The third-order valence-corrected chi connectivity index (χ3v) is 3.71. The predicted octanol–water partition coefficient (Wildman–Crippen LogP) is -0.0637. The Hall–Kier alpha value is -1.67. The molecule has 14 heteroatoms. The van der Waals surface area contributed by atoms with Crippen molar-refractivity contribution >= 4 is 47.6 Å². The van der Waals surface area contributed by atoms with Gasteiger partial charge in [0, 0.05) is 0 Å². The van der Waals surface area contributed by atoms with Crippen LogP contribution in [0.15, 0.2) is 0 Å². The molecule has 1 aliphatic heterocycles. The van der Waals surface area contributed by atoms with Gasteiger partial charge in [-0.05, 0) is 36.9 Å². The van der Waals surface area contributed by atoms with Crippen LogP contribution in [0.2, 0.25) is 0 Å². The van der Waals surface area contributed by atoms with Crippen molar-refractivity contribution in [2.75, 3.05) is 24.0 Å². The Balaban J connectivity index is -0.0000000381. The first kappa shape index (κ1) is 50.7. The van der Waals surface area contributed by atoms with Crippen molar-refractivity contribution in [3.8, 4) is 0 Å². The maximum absolute atomic E-state index is 10.9. The number of hydrogen-bond acceptors (Lipinski definition) is 9. The highest BCUT2D eigenvalue weighted by Gasteiger charge is 2.28. The van der Waals surface area contributed by atoms with Crippen LogP contribution in [0.5, 0.6) is 0 Å². The number of nitrogens with one attached hydrogen (secondary N) is 2. The smallest absolute Gasteiger partial charge is 0.373 e. The lowest BCUT2D eigenvalue weighted by Crippen LogP contribution is -2.30. The van der Waals surface area contributed by atoms with Gasteiger partial charge in [0.1, 0.15) is 12.1 Å². The fourth-order valence-corrected chi connectivity index (χ4v) is 2.23. The van der Waals surface area contributed by atoms with Gasteiger partial charge in [-0.2, -0.15) is 33.1 Å². The summed E-state index contributed by atoms with van der Waals surface area (Å²) in [7, 11) is 0. The molecule has 12 N–H and O–H groups in total. The number of carbonyl (C=O) groups excluding carboxylic acids is 4. The minimum Gasteiger partial charge on any atom is -0.480 e. The number of rotatable bonds is 7. The molecule has 0 bridgehead atoms. The molecule has 29 heavy (non-hydrogen) atoms. The second-order valence-corrected chi connectivity index (χ2v) is 6.08. The highest BCUT2D eigenvalue weighted by Crippen LogP contribution is 2.03. The van der Waals surface area contributed by atoms with Gasteiger partial charge in [0.2, 0.25) is 0 Å². The lowest BCUT2D eigenvalue weighted by atomic mass is 10.2. The van der Waals surface area contributed by atoms with Crippen molar-refractivity contribution in [3.63, 3.8) is 0 Å². The molecule has 1 rings (SSSR count). The standard InChI is InChI=1S/C6H10N2O2S.C5H11NO2S.CO2.3CH4.H3N.2H2O/c1-11-3-2-4-5(9)8-6(10)7-4;1-9-3-2-4(6)5(7)8;2-1-3;;;;;;/h4H,2-3H2,1H3,(H2,7,8,9,10);4H,2-3,6H2,1H3,(H,7,8);;3*1H4;1H3;2*1H2. The molecule has 1 fully saturated rings. The summed E-state index contributed by atoms with van der Waals surface area (Å²) >= 11 is 3.26. The van der Waals surface area contributed by atoms with Gasteiger partial charge >= 0.3 is 18.2 Å². The topological polar surface area (TPSA) is 254 Å². The Morgan fingerprint density at radius 2 is 1.55 bits per heavy atom. The molecule has 0 aromatic carbocycles. The molecule has 0 radical (unpaired) electrons. The van der Waals surface area contributed by atoms with Crippen LogP contribution in [0, 0.1) is 0 Å². The molecule has 3 amide bonds. The second-order valence-electron chi connectivity index (χ2n) is 4.11. The number of aliphatic carboxylic acids is 1. The molecule has 0 aromatic rings. The number of amides is 3. The second kappa shape index (κ2) is 33.9. The zero-order valence-electron chi connectivity index (χ0n) is 14.6. The minimum atomic E-state index is -0.913. The first-order valence-corrected chi connectivity index (χ1v) is 9.19. The molecule has 180 valence electrons. The summed E-state index contributed by atoms with van der Waals surface area (Å²) in [6.45, 7) is 0. The summed E-state index contributed by atoms with van der Waals surface area (Å²) in [5, 5.41) is 13.0. The first-order valence-electron chi connectivity index (χ1n) is 6.40. The van der Waals surface area contributed by atoms with Gasteiger partial charge in [0.05, 0.1) is 0 Å². The summed E-state index contributed by atoms with van der Waals surface area (Å²) in [4.78, 5) is 47.8. The van der Waals surface area contributed by atoms with Crippen LogP contribution < -0.4 is 22.5 Å². The zero-order chi connectivity index (χ0) is 18.3. The molecule has 2 unspecified atom stereocenters. The first-order chi connectivity index (χ1) is 10.8. The van der Waals surface area contributed by atoms with E-state index >= 15 is 0 Å². The van der Waals surface area contributed by atoms with Crippen molar-refractivity contribution in [2.45, 2.75) is 47.2 Å². The number of hydrogen-bond donors (Lipinski definition) is 5. The quantitative estimate of drug-likeness (QED) is 0.311. The highest BCUT2D eigenvalue weighted by molar-refractivity contribution is 7.98. The molecule has 0 spiro atoms. The van der Waals surface area contributed by atoms with E-state index in [1.807, 2.05) is 12.5 Å². The Morgan fingerprint density at radius 3 is 1.83 bits per heavy atom. The van der Waals surface area contributed by atoms with Crippen molar-refractivity contribution in [2.24, 2.45) is 5.73 Å². The SMILES string of the molecule is C.C.C.CSCCC(N)C(=O)O.CSCCC1NC(=O)NC1=O.N.O.O.O=C=O. The van der Waals surface area contributed by atoms with Gasteiger partial charge < -0.3 is 33.3 Å². The number of nitrogens with two attached hydrogens (primary N) is 1. The van der Waals surface area contributed by atoms with Gasteiger partial charge in [0.25, 0.3) is 5.91 Å². The lowest BCUT2D eigenvalue weighted by Gasteiger charge is -2.03. The van der Waals surface area contributed by atoms with Crippen LogP contribution in [0.3, 0.4) is 0 Å². The van der Waals surface area contributed by atoms with E-state index in [0.717, 1.165) is 11.5 Å². The van der Waals surface area contributed by atoms with Gasteiger partial charge in [-0.15, -0.1) is 0 Å². The minimum absolute atomic E-state index is 0. The van der Waals surface area contributed by atoms with E-state index in [9.17, 15) is 14.4 Å². The van der Waals surface area contributed by atoms with Crippen LogP contribution in [0.4, 0.5) is 4.79 Å². The maximum Gasteiger partial charge on any atom is 0.373 e. The molecule has 0 saturated carbocycles. The van der Waals surface area contributed by atoms with E-state index in [1.54, 1.807) is 23.5 Å². The van der Waals surface area contributed by atoms with Crippen LogP contribution in [-0.4, -0.2) is 76.2 Å². The molecular weight excluding hydrogens is 428 g/mol. The number of urea groups is 1. The van der Waals surface area contributed by atoms with Crippen LogP contribution in [-0.2, 0) is 19.2 Å². The molecule has 2 atom stereocenters. The van der Waals surface area contributed by atoms with E-state index in [0.29, 0.717) is 12.8 Å². The van der Waals surface area contributed by atoms with E-state index in [1.165, 1.54) is 0 Å². The van der Waals surface area contributed by atoms with Gasteiger partial charge in [-0.25, -0.2) is 4.79 Å². The summed E-state index contributed by atoms with van der Waals surface area (Å²) in [6, 6.07) is -1.37. The van der Waals surface area contributed by atoms with Gasteiger partial charge in [-0.1, -0.05) is 22.3 Å². The van der Waals surface area contributed by atoms with E-state index in [4.69, 9.17) is 20.4 Å². The Labute approximate surface area is 181 Å². The van der Waals surface area contributed by atoms with Crippen molar-refractivity contribution in [3.05, 3.63) is 0 Å².